The van der Waals surface area contributed by atoms with Crippen LogP contribution in [-0.4, -0.2) is 14.9 Å². The number of benzene rings is 1. The molecule has 0 amide bonds. The fourth-order valence-corrected chi connectivity index (χ4v) is 2.74. The zero-order valence-corrected chi connectivity index (χ0v) is 14.8. The summed E-state index contributed by atoms with van der Waals surface area (Å²) in [6, 6.07) is 5.37. The maximum absolute atomic E-state index is 9.01. The lowest BCUT2D eigenvalue weighted by Crippen LogP contribution is -2.44. The maximum atomic E-state index is 9.01. The van der Waals surface area contributed by atoms with Gasteiger partial charge in [0.25, 0.3) is 8.32 Å². The summed E-state index contributed by atoms with van der Waals surface area (Å²) in [4.78, 5) is 0. The molecule has 0 bridgehead atoms. The van der Waals surface area contributed by atoms with Crippen LogP contribution in [0.2, 0.25) is 23.2 Å². The lowest BCUT2D eigenvalue weighted by atomic mass is 10.2. The molecule has 1 aromatic rings. The number of halogens is 1. The Hall–Kier alpha value is -1.18. The summed E-state index contributed by atoms with van der Waals surface area (Å²) in [5, 5.41) is 9.50. The molecule has 0 aliphatic rings. The zero-order chi connectivity index (χ0) is 15.6. The van der Waals surface area contributed by atoms with Gasteiger partial charge < -0.3 is 9.16 Å². The topological polar surface area (TPSA) is 42.2 Å². The van der Waals surface area contributed by atoms with Crippen LogP contribution < -0.4 is 9.16 Å². The van der Waals surface area contributed by atoms with E-state index in [4.69, 9.17) is 26.0 Å². The molecule has 1 aromatic carbocycles. The van der Waals surface area contributed by atoms with E-state index in [0.717, 1.165) is 0 Å². The van der Waals surface area contributed by atoms with Crippen LogP contribution in [0.4, 0.5) is 0 Å². The summed E-state index contributed by atoms with van der Waals surface area (Å²) in [7, 11) is -2.01. The normalized spacial score (nSPS) is 11.9. The number of rotatable bonds is 4. The third kappa shape index (κ3) is 3.68. The van der Waals surface area contributed by atoms with E-state index >= 15 is 0 Å². The van der Waals surface area contributed by atoms with Gasteiger partial charge in [-0.3, -0.25) is 0 Å². The van der Waals surface area contributed by atoms with Crippen molar-refractivity contribution < 1.29 is 9.16 Å². The minimum Gasteiger partial charge on any atom is -0.540 e. The Morgan fingerprint density at radius 1 is 1.30 bits per heavy atom. The summed E-state index contributed by atoms with van der Waals surface area (Å²) in [6.07, 6.45) is 0. The molecule has 0 aliphatic heterocycles. The first-order valence-electron chi connectivity index (χ1n) is 6.68. The fraction of sp³-hybridized carbons (Fsp3) is 0.533. The predicted octanol–water partition coefficient (Wildman–Crippen LogP) is 4.99. The van der Waals surface area contributed by atoms with Crippen molar-refractivity contribution in [3.63, 3.8) is 0 Å². The van der Waals surface area contributed by atoms with E-state index in [1.807, 2.05) is 6.92 Å². The van der Waals surface area contributed by atoms with Crippen molar-refractivity contribution in [1.29, 1.82) is 5.26 Å². The highest BCUT2D eigenvalue weighted by atomic mass is 35.5. The molecule has 0 fully saturated rings. The summed E-state index contributed by atoms with van der Waals surface area (Å²) in [5.41, 5.74) is 0.473. The van der Waals surface area contributed by atoms with Gasteiger partial charge in [-0.1, -0.05) is 32.4 Å². The van der Waals surface area contributed by atoms with Crippen LogP contribution in [0.5, 0.6) is 11.5 Å². The van der Waals surface area contributed by atoms with Crippen LogP contribution in [0.15, 0.2) is 12.1 Å². The van der Waals surface area contributed by atoms with Crippen LogP contribution in [0.1, 0.15) is 33.3 Å². The molecule has 5 heteroatoms. The first kappa shape index (κ1) is 16.9. The molecular weight excluding hydrogens is 290 g/mol. The molecule has 0 N–H and O–H groups in total. The van der Waals surface area contributed by atoms with Crippen LogP contribution >= 0.6 is 11.6 Å². The lowest BCUT2D eigenvalue weighted by Gasteiger charge is -2.37. The molecule has 0 aromatic heterocycles. The highest BCUT2D eigenvalue weighted by Gasteiger charge is 2.40. The molecule has 110 valence electrons. The largest absolute Gasteiger partial charge is 0.540 e. The standard InChI is InChI=1S/C15H22ClNO2Si/c1-7-18-13-9-11(10-17)8-12(16)14(13)19-20(5,6)15(2,3)4/h8-9H,7H2,1-6H3. The molecule has 3 nitrogen and oxygen atoms in total. The third-order valence-corrected chi connectivity index (χ3v) is 8.21. The van der Waals surface area contributed by atoms with Gasteiger partial charge in [-0.05, 0) is 31.1 Å². The van der Waals surface area contributed by atoms with Crippen molar-refractivity contribution in [2.45, 2.75) is 45.8 Å². The zero-order valence-electron chi connectivity index (χ0n) is 13.0. The van der Waals surface area contributed by atoms with Crippen molar-refractivity contribution >= 4 is 19.9 Å². The molecule has 0 saturated carbocycles. The van der Waals surface area contributed by atoms with Gasteiger partial charge in [-0.25, -0.2) is 0 Å². The average molecular weight is 312 g/mol. The summed E-state index contributed by atoms with van der Waals surface area (Å²) in [5.74, 6) is 1.10. The molecular formula is C15H22ClNO2Si. The third-order valence-electron chi connectivity index (χ3n) is 3.60. The van der Waals surface area contributed by atoms with Crippen molar-refractivity contribution in [3.8, 4) is 17.6 Å². The SMILES string of the molecule is CCOc1cc(C#N)cc(Cl)c1O[Si](C)(C)C(C)(C)C. The molecule has 0 heterocycles. The quantitative estimate of drug-likeness (QED) is 0.735. The van der Waals surface area contributed by atoms with E-state index < -0.39 is 8.32 Å². The minimum atomic E-state index is -2.01. The van der Waals surface area contributed by atoms with Crippen molar-refractivity contribution in [1.82, 2.24) is 0 Å². The fourth-order valence-electron chi connectivity index (χ4n) is 1.40. The second-order valence-electron chi connectivity index (χ2n) is 6.19. The Morgan fingerprint density at radius 2 is 1.90 bits per heavy atom. The van der Waals surface area contributed by atoms with Crippen LogP contribution in [0, 0.1) is 11.3 Å². The van der Waals surface area contributed by atoms with Gasteiger partial charge in [-0.15, -0.1) is 0 Å². The monoisotopic (exact) mass is 311 g/mol. The van der Waals surface area contributed by atoms with E-state index in [9.17, 15) is 0 Å². The Balaban J connectivity index is 3.27. The van der Waals surface area contributed by atoms with E-state index in [0.29, 0.717) is 28.7 Å². The average Bonchev–Trinajstić information content (AvgIpc) is 2.32. The second kappa shape index (κ2) is 6.07. The van der Waals surface area contributed by atoms with E-state index in [2.05, 4.69) is 39.9 Å². The first-order chi connectivity index (χ1) is 9.12. The number of nitrogens with zero attached hydrogens (tertiary/aromatic N) is 1. The smallest absolute Gasteiger partial charge is 0.250 e. The molecule has 1 rings (SSSR count). The van der Waals surface area contributed by atoms with Gasteiger partial charge in [-0.2, -0.15) is 5.26 Å². The van der Waals surface area contributed by atoms with Crippen molar-refractivity contribution in [2.75, 3.05) is 6.61 Å². The van der Waals surface area contributed by atoms with Gasteiger partial charge in [0.05, 0.1) is 23.3 Å². The van der Waals surface area contributed by atoms with Gasteiger partial charge in [0.1, 0.15) is 0 Å². The second-order valence-corrected chi connectivity index (χ2v) is 11.3. The summed E-state index contributed by atoms with van der Waals surface area (Å²) >= 11 is 6.27. The predicted molar refractivity (Wildman–Crippen MR) is 85.2 cm³/mol. The highest BCUT2D eigenvalue weighted by molar-refractivity contribution is 6.74. The minimum absolute atomic E-state index is 0.0632. The maximum Gasteiger partial charge on any atom is 0.250 e. The molecule has 0 unspecified atom stereocenters. The molecule has 0 aliphatic carbocycles. The number of nitriles is 1. The number of hydrogen-bond donors (Lipinski definition) is 0. The van der Waals surface area contributed by atoms with Crippen molar-refractivity contribution in [2.24, 2.45) is 0 Å². The molecule has 0 radical (unpaired) electrons. The molecule has 0 atom stereocenters. The molecule has 0 spiro atoms. The van der Waals surface area contributed by atoms with Gasteiger partial charge in [0, 0.05) is 6.07 Å². The van der Waals surface area contributed by atoms with E-state index in [1.54, 1.807) is 12.1 Å². The number of ether oxygens (including phenoxy) is 1. The van der Waals surface area contributed by atoms with Crippen LogP contribution in [0.3, 0.4) is 0 Å². The summed E-state index contributed by atoms with van der Waals surface area (Å²) in [6.45, 7) is 13.2. The Labute approximate surface area is 127 Å². The molecule has 20 heavy (non-hydrogen) atoms. The van der Waals surface area contributed by atoms with E-state index in [1.165, 1.54) is 0 Å². The Kier molecular flexibility index (Phi) is 5.12. The van der Waals surface area contributed by atoms with Gasteiger partial charge in [0.15, 0.2) is 11.5 Å². The van der Waals surface area contributed by atoms with Crippen LogP contribution in [-0.2, 0) is 0 Å². The van der Waals surface area contributed by atoms with Gasteiger partial charge in [0.2, 0.25) is 0 Å². The van der Waals surface area contributed by atoms with Crippen LogP contribution in [0.25, 0.3) is 0 Å². The molecule has 0 saturated heterocycles. The van der Waals surface area contributed by atoms with Gasteiger partial charge >= 0.3 is 0 Å². The number of hydrogen-bond acceptors (Lipinski definition) is 3. The van der Waals surface area contributed by atoms with Crippen molar-refractivity contribution in [3.05, 3.63) is 22.7 Å². The Bertz CT molecular complexity index is 530. The highest BCUT2D eigenvalue weighted by Crippen LogP contribution is 2.43. The van der Waals surface area contributed by atoms with E-state index in [-0.39, 0.29) is 5.04 Å². The Morgan fingerprint density at radius 3 is 2.35 bits per heavy atom. The summed E-state index contributed by atoms with van der Waals surface area (Å²) < 4.78 is 11.8. The first-order valence-corrected chi connectivity index (χ1v) is 9.96. The lowest BCUT2D eigenvalue weighted by molar-refractivity contribution is 0.325.